The van der Waals surface area contributed by atoms with Gasteiger partial charge in [-0.15, -0.1) is 0 Å². The van der Waals surface area contributed by atoms with Crippen LogP contribution in [0.5, 0.6) is 0 Å². The molecule has 0 bridgehead atoms. The summed E-state index contributed by atoms with van der Waals surface area (Å²) in [4.78, 5) is 24.1. The van der Waals surface area contributed by atoms with Crippen LogP contribution < -0.4 is 10.6 Å². The Hall–Kier alpha value is -1.96. The summed E-state index contributed by atoms with van der Waals surface area (Å²) in [5.41, 5.74) is 0.986. The maximum Gasteiger partial charge on any atom is 0.222 e. The second kappa shape index (κ2) is 8.62. The van der Waals surface area contributed by atoms with Crippen LogP contribution in [0.2, 0.25) is 10.2 Å². The van der Waals surface area contributed by atoms with Gasteiger partial charge in [-0.2, -0.15) is 0 Å². The van der Waals surface area contributed by atoms with Gasteiger partial charge in [0.05, 0.1) is 11.2 Å². The Bertz CT molecular complexity index is 797. The van der Waals surface area contributed by atoms with Gasteiger partial charge in [0.1, 0.15) is 17.3 Å². The third-order valence-electron chi connectivity index (χ3n) is 4.06. The zero-order valence-electron chi connectivity index (χ0n) is 14.3. The topological polar surface area (TPSA) is 89.0 Å². The number of nitrogens with zero attached hydrogens (tertiary/aromatic N) is 3. The van der Waals surface area contributed by atoms with Crippen LogP contribution in [0.3, 0.4) is 0 Å². The SMILES string of the molecule is CC(=O)Nc1cc(-c2nc(NCC3CCOCC3)cnc2Cl)c(Cl)cn1. The standard InChI is InChI=1S/C17H19Cl2N5O2/c1-10(25)23-14-6-12(13(18)8-21-14)16-17(19)22-9-15(24-16)20-7-11-2-4-26-5-3-11/h6,8-9,11H,2-5,7H2,1H3,(H,20,24)(H,21,23,25). The molecule has 138 valence electrons. The molecule has 0 unspecified atom stereocenters. The summed E-state index contributed by atoms with van der Waals surface area (Å²) in [5.74, 6) is 1.30. The van der Waals surface area contributed by atoms with Crippen LogP contribution in [0.25, 0.3) is 11.3 Å². The van der Waals surface area contributed by atoms with Crippen molar-refractivity contribution in [2.24, 2.45) is 5.92 Å². The molecular formula is C17H19Cl2N5O2. The van der Waals surface area contributed by atoms with E-state index in [0.29, 0.717) is 33.8 Å². The van der Waals surface area contributed by atoms with Crippen molar-refractivity contribution in [1.29, 1.82) is 0 Å². The van der Waals surface area contributed by atoms with Crippen LogP contribution in [0.4, 0.5) is 11.6 Å². The summed E-state index contributed by atoms with van der Waals surface area (Å²) >= 11 is 12.5. The third kappa shape index (κ3) is 4.81. The molecule has 3 rings (SSSR count). The first-order valence-electron chi connectivity index (χ1n) is 8.30. The number of halogens is 2. The lowest BCUT2D eigenvalue weighted by atomic mass is 10.0. The Labute approximate surface area is 161 Å². The van der Waals surface area contributed by atoms with Crippen LogP contribution in [0.1, 0.15) is 19.8 Å². The average molecular weight is 396 g/mol. The van der Waals surface area contributed by atoms with E-state index in [-0.39, 0.29) is 11.1 Å². The molecule has 0 aromatic carbocycles. The van der Waals surface area contributed by atoms with E-state index in [0.717, 1.165) is 32.6 Å². The van der Waals surface area contributed by atoms with Crippen molar-refractivity contribution in [1.82, 2.24) is 15.0 Å². The molecule has 2 aromatic rings. The number of amides is 1. The summed E-state index contributed by atoms with van der Waals surface area (Å²) in [7, 11) is 0. The molecule has 0 atom stereocenters. The number of aromatic nitrogens is 3. The van der Waals surface area contributed by atoms with Crippen LogP contribution in [-0.4, -0.2) is 40.6 Å². The van der Waals surface area contributed by atoms with E-state index in [9.17, 15) is 4.79 Å². The van der Waals surface area contributed by atoms with Crippen molar-refractivity contribution in [2.75, 3.05) is 30.4 Å². The quantitative estimate of drug-likeness (QED) is 0.802. The fourth-order valence-corrected chi connectivity index (χ4v) is 3.08. The second-order valence-corrected chi connectivity index (χ2v) is 6.83. The first-order valence-corrected chi connectivity index (χ1v) is 9.06. The molecule has 1 fully saturated rings. The van der Waals surface area contributed by atoms with Crippen LogP contribution in [0, 0.1) is 5.92 Å². The molecule has 0 spiro atoms. The minimum absolute atomic E-state index is 0.225. The molecule has 1 aliphatic rings. The van der Waals surface area contributed by atoms with Crippen molar-refractivity contribution in [3.63, 3.8) is 0 Å². The number of pyridine rings is 1. The molecule has 3 heterocycles. The summed E-state index contributed by atoms with van der Waals surface area (Å²) in [5, 5.41) is 6.52. The molecule has 1 saturated heterocycles. The highest BCUT2D eigenvalue weighted by Gasteiger charge is 2.16. The van der Waals surface area contributed by atoms with Crippen LogP contribution in [-0.2, 0) is 9.53 Å². The lowest BCUT2D eigenvalue weighted by Gasteiger charge is -2.22. The van der Waals surface area contributed by atoms with E-state index in [1.54, 1.807) is 12.3 Å². The fourth-order valence-electron chi connectivity index (χ4n) is 2.70. The van der Waals surface area contributed by atoms with Crippen molar-refractivity contribution in [3.8, 4) is 11.3 Å². The van der Waals surface area contributed by atoms with Gasteiger partial charge in [-0.25, -0.2) is 15.0 Å². The second-order valence-electron chi connectivity index (χ2n) is 6.06. The molecule has 0 aliphatic carbocycles. The predicted molar refractivity (Wildman–Crippen MR) is 102 cm³/mol. The molecule has 1 aliphatic heterocycles. The maximum absolute atomic E-state index is 11.2. The Morgan fingerprint density at radius 1 is 1.23 bits per heavy atom. The number of anilines is 2. The minimum atomic E-state index is -0.227. The predicted octanol–water partition coefficient (Wildman–Crippen LogP) is 3.64. The van der Waals surface area contributed by atoms with Gasteiger partial charge < -0.3 is 15.4 Å². The molecular weight excluding hydrogens is 377 g/mol. The number of carbonyl (C=O) groups is 1. The van der Waals surface area contributed by atoms with Crippen molar-refractivity contribution in [2.45, 2.75) is 19.8 Å². The van der Waals surface area contributed by atoms with Gasteiger partial charge in [-0.05, 0) is 24.8 Å². The van der Waals surface area contributed by atoms with Gasteiger partial charge in [0.2, 0.25) is 5.91 Å². The van der Waals surface area contributed by atoms with Crippen molar-refractivity contribution in [3.05, 3.63) is 28.6 Å². The van der Waals surface area contributed by atoms with E-state index in [1.807, 2.05) is 0 Å². The molecule has 7 nitrogen and oxygen atoms in total. The highest BCUT2D eigenvalue weighted by atomic mass is 35.5. The zero-order chi connectivity index (χ0) is 18.5. The maximum atomic E-state index is 11.2. The van der Waals surface area contributed by atoms with E-state index in [4.69, 9.17) is 27.9 Å². The highest BCUT2D eigenvalue weighted by Crippen LogP contribution is 2.32. The molecule has 0 radical (unpaired) electrons. The van der Waals surface area contributed by atoms with Gasteiger partial charge >= 0.3 is 0 Å². The monoisotopic (exact) mass is 395 g/mol. The summed E-state index contributed by atoms with van der Waals surface area (Å²) in [6.45, 7) is 3.79. The van der Waals surface area contributed by atoms with Gasteiger partial charge in [-0.3, -0.25) is 4.79 Å². The number of ether oxygens (including phenoxy) is 1. The number of hydrogen-bond acceptors (Lipinski definition) is 6. The van der Waals surface area contributed by atoms with Gasteiger partial charge in [0, 0.05) is 38.4 Å². The van der Waals surface area contributed by atoms with Gasteiger partial charge in [-0.1, -0.05) is 23.2 Å². The first-order chi connectivity index (χ1) is 12.5. The fraction of sp³-hybridized carbons (Fsp3) is 0.412. The van der Waals surface area contributed by atoms with Crippen LogP contribution >= 0.6 is 23.2 Å². The molecule has 26 heavy (non-hydrogen) atoms. The Morgan fingerprint density at radius 3 is 2.73 bits per heavy atom. The zero-order valence-corrected chi connectivity index (χ0v) is 15.8. The molecule has 2 N–H and O–H groups in total. The Morgan fingerprint density at radius 2 is 2.00 bits per heavy atom. The van der Waals surface area contributed by atoms with Gasteiger partial charge in [0.15, 0.2) is 5.15 Å². The summed E-state index contributed by atoms with van der Waals surface area (Å²) in [6, 6.07) is 1.63. The largest absolute Gasteiger partial charge is 0.381 e. The van der Waals surface area contributed by atoms with E-state index in [1.165, 1.54) is 13.1 Å². The third-order valence-corrected chi connectivity index (χ3v) is 4.63. The average Bonchev–Trinajstić information content (AvgIpc) is 2.63. The number of rotatable bonds is 5. The van der Waals surface area contributed by atoms with E-state index < -0.39 is 0 Å². The lowest BCUT2D eigenvalue weighted by Crippen LogP contribution is -2.23. The van der Waals surface area contributed by atoms with Crippen LogP contribution in [0.15, 0.2) is 18.5 Å². The number of hydrogen-bond donors (Lipinski definition) is 2. The lowest BCUT2D eigenvalue weighted by molar-refractivity contribution is -0.114. The number of nitrogens with one attached hydrogen (secondary N) is 2. The van der Waals surface area contributed by atoms with Crippen molar-refractivity contribution >= 4 is 40.7 Å². The van der Waals surface area contributed by atoms with Gasteiger partial charge in [0.25, 0.3) is 0 Å². The summed E-state index contributed by atoms with van der Waals surface area (Å²) < 4.78 is 5.37. The van der Waals surface area contributed by atoms with E-state index >= 15 is 0 Å². The molecule has 1 amide bonds. The first kappa shape index (κ1) is 18.8. The Balaban J connectivity index is 1.82. The number of carbonyl (C=O) groups excluding carboxylic acids is 1. The normalized spacial score (nSPS) is 14.9. The van der Waals surface area contributed by atoms with Crippen molar-refractivity contribution < 1.29 is 9.53 Å². The Kier molecular flexibility index (Phi) is 6.24. The van der Waals surface area contributed by atoms with E-state index in [2.05, 4.69) is 25.6 Å². The summed E-state index contributed by atoms with van der Waals surface area (Å²) in [6.07, 6.45) is 5.09. The minimum Gasteiger partial charge on any atom is -0.381 e. The molecule has 0 saturated carbocycles. The smallest absolute Gasteiger partial charge is 0.222 e. The highest BCUT2D eigenvalue weighted by molar-refractivity contribution is 6.35. The molecule has 2 aromatic heterocycles. The molecule has 9 heteroatoms.